The number of anilines is 2. The molecule has 0 unspecified atom stereocenters. The van der Waals surface area contributed by atoms with Crippen LogP contribution in [0.3, 0.4) is 0 Å². The Morgan fingerprint density at radius 1 is 0.893 bits per heavy atom. The second-order valence-electron chi connectivity index (χ2n) is 6.97. The van der Waals surface area contributed by atoms with E-state index >= 15 is 0 Å². The zero-order valence-corrected chi connectivity index (χ0v) is 16.6. The SMILES string of the molecule is Cc1cc(C)c(NC(=O)CNc2ccc(OCc3ccccc3)cc2)c(C)c1. The second kappa shape index (κ2) is 9.09. The zero-order chi connectivity index (χ0) is 19.9. The van der Waals surface area contributed by atoms with Gasteiger partial charge in [0.2, 0.25) is 5.91 Å². The van der Waals surface area contributed by atoms with Crippen LogP contribution in [-0.2, 0) is 11.4 Å². The molecule has 0 radical (unpaired) electrons. The van der Waals surface area contributed by atoms with Gasteiger partial charge in [-0.2, -0.15) is 0 Å². The van der Waals surface area contributed by atoms with Crippen LogP contribution in [0.4, 0.5) is 11.4 Å². The Labute approximate surface area is 166 Å². The van der Waals surface area contributed by atoms with Gasteiger partial charge in [-0.25, -0.2) is 0 Å². The third kappa shape index (κ3) is 5.36. The quantitative estimate of drug-likeness (QED) is 0.594. The lowest BCUT2D eigenvalue weighted by Crippen LogP contribution is -2.22. The summed E-state index contributed by atoms with van der Waals surface area (Å²) < 4.78 is 5.78. The van der Waals surface area contributed by atoms with Gasteiger partial charge in [0.25, 0.3) is 0 Å². The highest BCUT2D eigenvalue weighted by molar-refractivity contribution is 5.95. The monoisotopic (exact) mass is 374 g/mol. The van der Waals surface area contributed by atoms with Crippen molar-refractivity contribution in [2.24, 2.45) is 0 Å². The smallest absolute Gasteiger partial charge is 0.243 e. The van der Waals surface area contributed by atoms with E-state index in [2.05, 4.69) is 29.7 Å². The van der Waals surface area contributed by atoms with E-state index in [4.69, 9.17) is 4.74 Å². The fraction of sp³-hybridized carbons (Fsp3) is 0.208. The number of benzene rings is 3. The predicted octanol–water partition coefficient (Wildman–Crippen LogP) is 5.24. The van der Waals surface area contributed by atoms with Crippen LogP contribution in [0.15, 0.2) is 66.7 Å². The van der Waals surface area contributed by atoms with E-state index in [0.717, 1.165) is 33.8 Å². The van der Waals surface area contributed by atoms with Gasteiger partial charge in [0.1, 0.15) is 12.4 Å². The zero-order valence-electron chi connectivity index (χ0n) is 16.6. The van der Waals surface area contributed by atoms with Crippen LogP contribution in [0.2, 0.25) is 0 Å². The molecule has 0 atom stereocenters. The normalized spacial score (nSPS) is 10.4. The van der Waals surface area contributed by atoms with Crippen LogP contribution in [0.5, 0.6) is 5.75 Å². The molecule has 144 valence electrons. The molecule has 0 saturated heterocycles. The van der Waals surface area contributed by atoms with Gasteiger partial charge in [0.05, 0.1) is 6.54 Å². The molecule has 0 aliphatic carbocycles. The van der Waals surface area contributed by atoms with Gasteiger partial charge in [-0.1, -0.05) is 48.0 Å². The number of carbonyl (C=O) groups excluding carboxylic acids is 1. The van der Waals surface area contributed by atoms with Gasteiger partial charge < -0.3 is 15.4 Å². The van der Waals surface area contributed by atoms with Gasteiger partial charge in [0.15, 0.2) is 0 Å². The Morgan fingerprint density at radius 3 is 2.18 bits per heavy atom. The van der Waals surface area contributed by atoms with E-state index < -0.39 is 0 Å². The third-order valence-corrected chi connectivity index (χ3v) is 4.50. The van der Waals surface area contributed by atoms with Crippen molar-refractivity contribution in [2.75, 3.05) is 17.2 Å². The highest BCUT2D eigenvalue weighted by Gasteiger charge is 2.08. The highest BCUT2D eigenvalue weighted by Crippen LogP contribution is 2.22. The molecule has 2 N–H and O–H groups in total. The second-order valence-corrected chi connectivity index (χ2v) is 6.97. The van der Waals surface area contributed by atoms with E-state index in [-0.39, 0.29) is 12.5 Å². The molecule has 28 heavy (non-hydrogen) atoms. The van der Waals surface area contributed by atoms with Crippen molar-refractivity contribution in [1.29, 1.82) is 0 Å². The van der Waals surface area contributed by atoms with Gasteiger partial charge >= 0.3 is 0 Å². The summed E-state index contributed by atoms with van der Waals surface area (Å²) in [5.41, 5.74) is 6.24. The average molecular weight is 374 g/mol. The lowest BCUT2D eigenvalue weighted by molar-refractivity contribution is -0.114. The van der Waals surface area contributed by atoms with Crippen LogP contribution in [0.1, 0.15) is 22.3 Å². The number of amides is 1. The molecule has 4 heteroatoms. The molecule has 0 aliphatic heterocycles. The summed E-state index contributed by atoms with van der Waals surface area (Å²) in [4.78, 5) is 12.3. The van der Waals surface area contributed by atoms with Crippen LogP contribution in [-0.4, -0.2) is 12.5 Å². The van der Waals surface area contributed by atoms with Gasteiger partial charge in [-0.3, -0.25) is 4.79 Å². The number of rotatable bonds is 7. The maximum atomic E-state index is 12.3. The van der Waals surface area contributed by atoms with Crippen LogP contribution in [0.25, 0.3) is 0 Å². The minimum absolute atomic E-state index is 0.0699. The molecule has 3 aromatic carbocycles. The first-order valence-electron chi connectivity index (χ1n) is 9.39. The van der Waals surface area contributed by atoms with Crippen LogP contribution in [0, 0.1) is 20.8 Å². The van der Waals surface area contributed by atoms with Crippen molar-refractivity contribution in [2.45, 2.75) is 27.4 Å². The molecule has 0 bridgehead atoms. The Kier molecular flexibility index (Phi) is 6.33. The summed E-state index contributed by atoms with van der Waals surface area (Å²) in [7, 11) is 0. The molecular weight excluding hydrogens is 348 g/mol. The minimum atomic E-state index is -0.0699. The van der Waals surface area contributed by atoms with Crippen LogP contribution >= 0.6 is 0 Å². The predicted molar refractivity (Wildman–Crippen MR) is 115 cm³/mol. The highest BCUT2D eigenvalue weighted by atomic mass is 16.5. The van der Waals surface area contributed by atoms with Crippen molar-refractivity contribution >= 4 is 17.3 Å². The van der Waals surface area contributed by atoms with Gasteiger partial charge in [-0.05, 0) is 61.7 Å². The minimum Gasteiger partial charge on any atom is -0.489 e. The molecular formula is C24H26N2O2. The number of aryl methyl sites for hydroxylation is 3. The molecule has 0 saturated carbocycles. The van der Waals surface area contributed by atoms with Crippen LogP contribution < -0.4 is 15.4 Å². The maximum absolute atomic E-state index is 12.3. The molecule has 0 aliphatic rings. The van der Waals surface area contributed by atoms with Crippen molar-refractivity contribution < 1.29 is 9.53 Å². The van der Waals surface area contributed by atoms with Crippen molar-refractivity contribution in [1.82, 2.24) is 0 Å². The van der Waals surface area contributed by atoms with Crippen molar-refractivity contribution in [3.05, 3.63) is 89.0 Å². The number of ether oxygens (including phenoxy) is 1. The number of nitrogens with one attached hydrogen (secondary N) is 2. The standard InChI is InChI=1S/C24H26N2O2/c1-17-13-18(2)24(19(3)14-17)26-23(27)15-25-21-9-11-22(12-10-21)28-16-20-7-5-4-6-8-20/h4-14,25H,15-16H2,1-3H3,(H,26,27). The Bertz CT molecular complexity index is 912. The summed E-state index contributed by atoms with van der Waals surface area (Å²) in [5.74, 6) is 0.726. The fourth-order valence-electron chi connectivity index (χ4n) is 3.15. The largest absolute Gasteiger partial charge is 0.489 e. The summed E-state index contributed by atoms with van der Waals surface area (Å²) in [6, 6.07) is 21.8. The van der Waals surface area contributed by atoms with Gasteiger partial charge in [-0.15, -0.1) is 0 Å². The molecule has 3 aromatic rings. The molecule has 3 rings (SSSR count). The van der Waals surface area contributed by atoms with E-state index in [0.29, 0.717) is 6.61 Å². The van der Waals surface area contributed by atoms with E-state index in [1.54, 1.807) is 0 Å². The Morgan fingerprint density at radius 2 is 1.54 bits per heavy atom. The van der Waals surface area contributed by atoms with E-state index in [1.807, 2.05) is 68.4 Å². The first kappa shape index (κ1) is 19.5. The van der Waals surface area contributed by atoms with Crippen molar-refractivity contribution in [3.8, 4) is 5.75 Å². The van der Waals surface area contributed by atoms with E-state index in [1.165, 1.54) is 5.56 Å². The number of hydrogen-bond donors (Lipinski definition) is 2. The lowest BCUT2D eigenvalue weighted by Gasteiger charge is -2.14. The summed E-state index contributed by atoms with van der Waals surface area (Å²) in [6.07, 6.45) is 0. The Balaban J connectivity index is 1.50. The number of carbonyl (C=O) groups is 1. The molecule has 0 aromatic heterocycles. The molecule has 1 amide bonds. The Hall–Kier alpha value is -3.27. The lowest BCUT2D eigenvalue weighted by atomic mass is 10.1. The summed E-state index contributed by atoms with van der Waals surface area (Å²) in [6.45, 7) is 6.82. The molecule has 0 heterocycles. The average Bonchev–Trinajstić information content (AvgIpc) is 2.69. The molecule has 4 nitrogen and oxygen atoms in total. The van der Waals surface area contributed by atoms with E-state index in [9.17, 15) is 4.79 Å². The van der Waals surface area contributed by atoms with Gasteiger partial charge in [0, 0.05) is 11.4 Å². The topological polar surface area (TPSA) is 50.4 Å². The third-order valence-electron chi connectivity index (χ3n) is 4.50. The number of hydrogen-bond acceptors (Lipinski definition) is 3. The first-order valence-corrected chi connectivity index (χ1v) is 9.39. The van der Waals surface area contributed by atoms with Crippen molar-refractivity contribution in [3.63, 3.8) is 0 Å². The molecule has 0 spiro atoms. The molecule has 0 fully saturated rings. The maximum Gasteiger partial charge on any atom is 0.243 e. The summed E-state index contributed by atoms with van der Waals surface area (Å²) >= 11 is 0. The fourth-order valence-corrected chi connectivity index (χ4v) is 3.15. The summed E-state index contributed by atoms with van der Waals surface area (Å²) in [5, 5.41) is 6.15. The first-order chi connectivity index (χ1) is 13.5.